The van der Waals surface area contributed by atoms with Crippen molar-refractivity contribution >= 4 is 27.3 Å². The third-order valence-corrected chi connectivity index (χ3v) is 5.75. The number of nitrogens with zero attached hydrogens (tertiary/aromatic N) is 1. The van der Waals surface area contributed by atoms with Gasteiger partial charge in [-0.05, 0) is 44.4 Å². The molecule has 0 unspecified atom stereocenters. The van der Waals surface area contributed by atoms with Crippen LogP contribution in [0.1, 0.15) is 22.5 Å². The van der Waals surface area contributed by atoms with E-state index in [4.69, 9.17) is 5.11 Å². The highest BCUT2D eigenvalue weighted by molar-refractivity contribution is 7.89. The van der Waals surface area contributed by atoms with Crippen LogP contribution in [0.4, 0.5) is 0 Å². The zero-order valence-corrected chi connectivity index (χ0v) is 12.1. The molecule has 0 spiro atoms. The third-order valence-electron chi connectivity index (χ3n) is 3.15. The lowest BCUT2D eigenvalue weighted by molar-refractivity contribution is 0.0698. The summed E-state index contributed by atoms with van der Waals surface area (Å²) in [6, 6.07) is 1.22. The van der Waals surface area contributed by atoms with Gasteiger partial charge in [-0.15, -0.1) is 11.3 Å². The number of carboxylic acids is 1. The summed E-state index contributed by atoms with van der Waals surface area (Å²) in [5.74, 6) is -1.21. The fourth-order valence-corrected chi connectivity index (χ4v) is 4.64. The SMILES string of the molecule is CN1CCC(NS(=O)(=O)c2ccsc2C(=O)O)CC1. The molecule has 1 aromatic rings. The number of rotatable bonds is 4. The van der Waals surface area contributed by atoms with E-state index in [0.717, 1.165) is 37.3 Å². The summed E-state index contributed by atoms with van der Waals surface area (Å²) < 4.78 is 27.0. The first-order valence-electron chi connectivity index (χ1n) is 5.92. The molecule has 0 radical (unpaired) electrons. The van der Waals surface area contributed by atoms with Crippen molar-refractivity contribution in [1.82, 2.24) is 9.62 Å². The van der Waals surface area contributed by atoms with E-state index in [1.54, 1.807) is 0 Å². The quantitative estimate of drug-likeness (QED) is 0.860. The summed E-state index contributed by atoms with van der Waals surface area (Å²) in [4.78, 5) is 12.8. The molecule has 1 aliphatic rings. The Morgan fingerprint density at radius 3 is 2.68 bits per heavy atom. The standard InChI is InChI=1S/C11H16N2O4S2/c1-13-5-2-8(3-6-13)12-19(16,17)9-4-7-18-10(9)11(14)15/h4,7-8,12H,2-3,5-6H2,1H3,(H,14,15). The Morgan fingerprint density at radius 1 is 1.47 bits per heavy atom. The van der Waals surface area contributed by atoms with Crippen molar-refractivity contribution in [2.75, 3.05) is 20.1 Å². The van der Waals surface area contributed by atoms with Gasteiger partial charge in [-0.2, -0.15) is 0 Å². The van der Waals surface area contributed by atoms with Crippen LogP contribution in [0.15, 0.2) is 16.3 Å². The predicted molar refractivity (Wildman–Crippen MR) is 72.1 cm³/mol. The molecule has 19 heavy (non-hydrogen) atoms. The normalized spacial score (nSPS) is 18.6. The van der Waals surface area contributed by atoms with Crippen molar-refractivity contribution in [3.05, 3.63) is 16.3 Å². The van der Waals surface area contributed by atoms with Gasteiger partial charge in [0.05, 0.1) is 0 Å². The highest BCUT2D eigenvalue weighted by Gasteiger charge is 2.27. The third kappa shape index (κ3) is 3.33. The number of piperidine rings is 1. The van der Waals surface area contributed by atoms with Crippen LogP contribution in [0.3, 0.4) is 0 Å². The van der Waals surface area contributed by atoms with Crippen LogP contribution in [-0.4, -0.2) is 50.6 Å². The molecule has 1 saturated heterocycles. The van der Waals surface area contributed by atoms with Crippen molar-refractivity contribution < 1.29 is 18.3 Å². The number of aromatic carboxylic acids is 1. The van der Waals surface area contributed by atoms with Crippen molar-refractivity contribution in [3.8, 4) is 0 Å². The molecule has 0 saturated carbocycles. The maximum absolute atomic E-state index is 12.2. The van der Waals surface area contributed by atoms with Gasteiger partial charge in [-0.25, -0.2) is 17.9 Å². The van der Waals surface area contributed by atoms with E-state index >= 15 is 0 Å². The van der Waals surface area contributed by atoms with E-state index in [1.165, 1.54) is 11.4 Å². The van der Waals surface area contributed by atoms with E-state index in [9.17, 15) is 13.2 Å². The lowest BCUT2D eigenvalue weighted by Crippen LogP contribution is -2.43. The number of thiophene rings is 1. The second-order valence-electron chi connectivity index (χ2n) is 4.62. The highest BCUT2D eigenvalue weighted by atomic mass is 32.2. The zero-order chi connectivity index (χ0) is 14.0. The summed E-state index contributed by atoms with van der Waals surface area (Å²) in [6.07, 6.45) is 1.48. The average molecular weight is 304 g/mol. The first-order valence-corrected chi connectivity index (χ1v) is 8.28. The van der Waals surface area contributed by atoms with Gasteiger partial charge in [0.15, 0.2) is 0 Å². The minimum absolute atomic E-state index is 0.122. The van der Waals surface area contributed by atoms with Gasteiger partial charge in [0.25, 0.3) is 0 Å². The Bertz CT molecular complexity index is 559. The summed E-state index contributed by atoms with van der Waals surface area (Å²) in [5.41, 5.74) is 0. The minimum atomic E-state index is -3.75. The van der Waals surface area contributed by atoms with E-state index in [1.807, 2.05) is 7.05 Å². The minimum Gasteiger partial charge on any atom is -0.477 e. The van der Waals surface area contributed by atoms with Gasteiger partial charge in [-0.1, -0.05) is 0 Å². The molecule has 1 aromatic heterocycles. The lowest BCUT2D eigenvalue weighted by Gasteiger charge is -2.29. The van der Waals surface area contributed by atoms with Crippen LogP contribution in [0.2, 0.25) is 0 Å². The summed E-state index contributed by atoms with van der Waals surface area (Å²) in [7, 11) is -1.76. The highest BCUT2D eigenvalue weighted by Crippen LogP contribution is 2.23. The maximum Gasteiger partial charge on any atom is 0.347 e. The second-order valence-corrected chi connectivity index (χ2v) is 7.22. The molecule has 2 heterocycles. The van der Waals surface area contributed by atoms with Gasteiger partial charge in [0.1, 0.15) is 9.77 Å². The van der Waals surface area contributed by atoms with Gasteiger partial charge >= 0.3 is 5.97 Å². The molecule has 1 aliphatic heterocycles. The van der Waals surface area contributed by atoms with Crippen molar-refractivity contribution in [3.63, 3.8) is 0 Å². The summed E-state index contributed by atoms with van der Waals surface area (Å²) in [6.45, 7) is 1.67. The molecule has 8 heteroatoms. The zero-order valence-electron chi connectivity index (χ0n) is 10.5. The first-order chi connectivity index (χ1) is 8.90. The topological polar surface area (TPSA) is 86.7 Å². The molecule has 1 fully saturated rings. The largest absolute Gasteiger partial charge is 0.477 e. The maximum atomic E-state index is 12.2. The molecule has 0 aromatic carbocycles. The molecule has 0 amide bonds. The van der Waals surface area contributed by atoms with E-state index < -0.39 is 16.0 Å². The predicted octanol–water partition coefficient (Wildman–Crippen LogP) is 0.819. The number of carboxylic acid groups (broad SMARTS) is 1. The Labute approximate surface area is 116 Å². The number of likely N-dealkylation sites (tertiary alicyclic amines) is 1. The fourth-order valence-electron chi connectivity index (χ4n) is 2.07. The number of hydrogen-bond acceptors (Lipinski definition) is 5. The second kappa shape index (κ2) is 5.58. The number of carbonyl (C=O) groups is 1. The molecular formula is C11H16N2O4S2. The molecule has 0 aliphatic carbocycles. The van der Waals surface area contributed by atoms with Crippen molar-refractivity contribution in [2.24, 2.45) is 0 Å². The Balaban J connectivity index is 2.14. The van der Waals surface area contributed by atoms with E-state index in [0.29, 0.717) is 0 Å². The van der Waals surface area contributed by atoms with Crippen LogP contribution in [-0.2, 0) is 10.0 Å². The molecular weight excluding hydrogens is 288 g/mol. The molecule has 0 bridgehead atoms. The average Bonchev–Trinajstić information content (AvgIpc) is 2.82. The van der Waals surface area contributed by atoms with Crippen molar-refractivity contribution in [2.45, 2.75) is 23.8 Å². The summed E-state index contributed by atoms with van der Waals surface area (Å²) >= 11 is 0.920. The van der Waals surface area contributed by atoms with Crippen LogP contribution in [0.25, 0.3) is 0 Å². The monoisotopic (exact) mass is 304 g/mol. The van der Waals surface area contributed by atoms with Gasteiger partial charge < -0.3 is 10.0 Å². The molecule has 6 nitrogen and oxygen atoms in total. The molecule has 0 atom stereocenters. The fraction of sp³-hybridized carbons (Fsp3) is 0.545. The molecule has 2 rings (SSSR count). The van der Waals surface area contributed by atoms with Crippen LogP contribution in [0, 0.1) is 0 Å². The molecule has 106 valence electrons. The Morgan fingerprint density at radius 2 is 2.11 bits per heavy atom. The first kappa shape index (κ1) is 14.4. The van der Waals surface area contributed by atoms with Crippen LogP contribution < -0.4 is 4.72 Å². The lowest BCUT2D eigenvalue weighted by atomic mass is 10.1. The van der Waals surface area contributed by atoms with E-state index in [2.05, 4.69) is 9.62 Å². The van der Waals surface area contributed by atoms with Gasteiger partial charge in [0, 0.05) is 6.04 Å². The van der Waals surface area contributed by atoms with Crippen molar-refractivity contribution in [1.29, 1.82) is 0 Å². The number of nitrogens with one attached hydrogen (secondary N) is 1. The smallest absolute Gasteiger partial charge is 0.347 e. The van der Waals surface area contributed by atoms with Crippen LogP contribution in [0.5, 0.6) is 0 Å². The Kier molecular flexibility index (Phi) is 4.24. The summed E-state index contributed by atoms with van der Waals surface area (Å²) in [5, 5.41) is 10.4. The van der Waals surface area contributed by atoms with Gasteiger partial charge in [0.2, 0.25) is 10.0 Å². The number of sulfonamides is 1. The van der Waals surface area contributed by atoms with Crippen LogP contribution >= 0.6 is 11.3 Å². The molecule has 2 N–H and O–H groups in total. The van der Waals surface area contributed by atoms with Gasteiger partial charge in [-0.3, -0.25) is 0 Å². The Hall–Kier alpha value is -0.960. The van der Waals surface area contributed by atoms with E-state index in [-0.39, 0.29) is 15.8 Å². The number of hydrogen-bond donors (Lipinski definition) is 2.